The summed E-state index contributed by atoms with van der Waals surface area (Å²) in [6.07, 6.45) is 8.03. The predicted molar refractivity (Wildman–Crippen MR) is 53.6 cm³/mol. The molecule has 4 aliphatic rings. The fourth-order valence-corrected chi connectivity index (χ4v) is 5.74. The molecule has 1 spiro atoms. The molecule has 4 aliphatic carbocycles. The van der Waals surface area contributed by atoms with Gasteiger partial charge in [0.05, 0.1) is 0 Å². The molecule has 4 rings (SSSR count). The number of Topliss-reactive ketones (excluding diaryl/α,β-unsaturated/α-hetero) is 1. The summed E-state index contributed by atoms with van der Waals surface area (Å²) >= 11 is 0. The van der Waals surface area contributed by atoms with Crippen LogP contribution in [0.15, 0.2) is 12.2 Å². The van der Waals surface area contributed by atoms with Gasteiger partial charge in [0.2, 0.25) is 0 Å². The monoisotopic (exact) mass is 188 g/mol. The van der Waals surface area contributed by atoms with Crippen LogP contribution in [0.2, 0.25) is 0 Å². The highest BCUT2D eigenvalue weighted by atomic mass is 16.1. The molecule has 14 heavy (non-hydrogen) atoms. The third-order valence-electron chi connectivity index (χ3n) is 5.99. The number of ketones is 1. The number of carbonyl (C=O) groups is 1. The van der Waals surface area contributed by atoms with Crippen LogP contribution in [0.1, 0.15) is 33.1 Å². The van der Waals surface area contributed by atoms with Crippen LogP contribution in [-0.2, 0) is 4.79 Å². The fraction of sp³-hybridized carbons (Fsp3) is 0.769. The summed E-state index contributed by atoms with van der Waals surface area (Å²) < 4.78 is 0. The summed E-state index contributed by atoms with van der Waals surface area (Å²) in [4.78, 5) is 12.1. The summed E-state index contributed by atoms with van der Waals surface area (Å²) in [5.74, 6) is 2.01. The van der Waals surface area contributed by atoms with Crippen LogP contribution in [0.25, 0.3) is 0 Å². The first kappa shape index (κ1) is 7.67. The van der Waals surface area contributed by atoms with Gasteiger partial charge in [-0.05, 0) is 35.5 Å². The maximum Gasteiger partial charge on any atom is 0.140 e. The Balaban J connectivity index is 1.97. The fourth-order valence-electron chi connectivity index (χ4n) is 5.74. The van der Waals surface area contributed by atoms with Gasteiger partial charge in [0.25, 0.3) is 0 Å². The summed E-state index contributed by atoms with van der Waals surface area (Å²) in [5, 5.41) is 0. The van der Waals surface area contributed by atoms with Crippen molar-refractivity contribution < 1.29 is 4.79 Å². The van der Waals surface area contributed by atoms with Gasteiger partial charge in [0.15, 0.2) is 0 Å². The zero-order valence-electron chi connectivity index (χ0n) is 8.84. The second kappa shape index (κ2) is 1.64. The van der Waals surface area contributed by atoms with E-state index in [1.807, 2.05) is 0 Å². The molecule has 5 atom stereocenters. The van der Waals surface area contributed by atoms with Crippen LogP contribution in [0.3, 0.4) is 0 Å². The molecule has 1 heteroatoms. The Morgan fingerprint density at radius 2 is 2.21 bits per heavy atom. The Morgan fingerprint density at radius 1 is 1.43 bits per heavy atom. The van der Waals surface area contributed by atoms with Gasteiger partial charge in [-0.3, -0.25) is 4.79 Å². The van der Waals surface area contributed by atoms with Gasteiger partial charge in [-0.25, -0.2) is 0 Å². The zero-order valence-corrected chi connectivity index (χ0v) is 8.84. The number of hydrogen-bond donors (Lipinski definition) is 0. The van der Waals surface area contributed by atoms with Gasteiger partial charge in [0, 0.05) is 11.8 Å². The minimum atomic E-state index is 0.0775. The van der Waals surface area contributed by atoms with E-state index in [1.54, 1.807) is 0 Å². The minimum absolute atomic E-state index is 0.0775. The second-order valence-corrected chi connectivity index (χ2v) is 6.37. The van der Waals surface area contributed by atoms with Crippen molar-refractivity contribution in [3.05, 3.63) is 12.2 Å². The van der Waals surface area contributed by atoms with E-state index in [1.165, 1.54) is 12.8 Å². The van der Waals surface area contributed by atoms with Gasteiger partial charge in [-0.1, -0.05) is 26.0 Å². The molecule has 3 saturated carbocycles. The van der Waals surface area contributed by atoms with Crippen molar-refractivity contribution in [2.24, 2.45) is 28.1 Å². The Kier molecular flexibility index (Phi) is 0.897. The first-order chi connectivity index (χ1) is 6.56. The van der Waals surface area contributed by atoms with Crippen molar-refractivity contribution in [1.82, 2.24) is 0 Å². The average Bonchev–Trinajstić information content (AvgIpc) is 2.37. The maximum atomic E-state index is 12.1. The molecular formula is C13H16O. The largest absolute Gasteiger partial charge is 0.299 e. The quantitative estimate of drug-likeness (QED) is 0.534. The highest BCUT2D eigenvalue weighted by molar-refractivity contribution is 5.95. The van der Waals surface area contributed by atoms with E-state index in [2.05, 4.69) is 26.0 Å². The van der Waals surface area contributed by atoms with E-state index in [0.717, 1.165) is 18.3 Å². The molecule has 0 amide bonds. The normalized spacial score (nSPS) is 67.1. The van der Waals surface area contributed by atoms with Crippen LogP contribution in [-0.4, -0.2) is 5.78 Å². The van der Waals surface area contributed by atoms with Crippen LogP contribution < -0.4 is 0 Å². The predicted octanol–water partition coefficient (Wildman–Crippen LogP) is 2.57. The van der Waals surface area contributed by atoms with Gasteiger partial charge in [-0.15, -0.1) is 0 Å². The molecule has 1 nitrogen and oxygen atoms in total. The molecule has 3 fully saturated rings. The number of rotatable bonds is 0. The van der Waals surface area contributed by atoms with E-state index in [9.17, 15) is 4.79 Å². The molecule has 0 saturated heterocycles. The van der Waals surface area contributed by atoms with Crippen LogP contribution in [0.5, 0.6) is 0 Å². The molecule has 0 aromatic heterocycles. The van der Waals surface area contributed by atoms with E-state index in [-0.39, 0.29) is 5.41 Å². The van der Waals surface area contributed by atoms with E-state index >= 15 is 0 Å². The molecule has 0 aromatic carbocycles. The van der Waals surface area contributed by atoms with Gasteiger partial charge in [0.1, 0.15) is 5.78 Å². The van der Waals surface area contributed by atoms with E-state index in [4.69, 9.17) is 0 Å². The lowest BCUT2D eigenvalue weighted by Crippen LogP contribution is -2.21. The molecule has 0 radical (unpaired) electrons. The molecule has 0 bridgehead atoms. The Bertz CT molecular complexity index is 396. The lowest BCUT2D eigenvalue weighted by atomic mass is 9.82. The van der Waals surface area contributed by atoms with Crippen LogP contribution >= 0.6 is 0 Å². The summed E-state index contributed by atoms with van der Waals surface area (Å²) in [6, 6.07) is 0. The number of carbonyl (C=O) groups excluding carboxylic acids is 1. The SMILES string of the molecule is C[C@@]12CC(=O)[C@@]3(C)[C@@H]1C31CC=CC1C2. The summed E-state index contributed by atoms with van der Waals surface area (Å²) in [7, 11) is 0. The Labute approximate surface area is 84.6 Å². The molecule has 0 heterocycles. The van der Waals surface area contributed by atoms with Crippen molar-refractivity contribution >= 4 is 5.78 Å². The van der Waals surface area contributed by atoms with Crippen LogP contribution in [0, 0.1) is 28.1 Å². The standard InChI is InChI=1S/C13H16O/c1-11-6-8-4-3-5-13(8)10(11)12(13,2)9(14)7-11/h3-4,8,10H,5-7H2,1-2H3/t8?,10-,11-,12+,13?/m1/s1. The Hall–Kier alpha value is -0.590. The third kappa shape index (κ3) is 0.433. The molecule has 0 aliphatic heterocycles. The van der Waals surface area contributed by atoms with Crippen molar-refractivity contribution in [2.45, 2.75) is 33.1 Å². The first-order valence-electron chi connectivity index (χ1n) is 5.76. The average molecular weight is 188 g/mol. The molecule has 2 unspecified atom stereocenters. The lowest BCUT2D eigenvalue weighted by Gasteiger charge is -2.21. The Morgan fingerprint density at radius 3 is 2.93 bits per heavy atom. The maximum absolute atomic E-state index is 12.1. The van der Waals surface area contributed by atoms with Crippen molar-refractivity contribution in [1.29, 1.82) is 0 Å². The molecule has 0 N–H and O–H groups in total. The summed E-state index contributed by atoms with van der Waals surface area (Å²) in [5.41, 5.74) is 0.840. The highest BCUT2D eigenvalue weighted by Crippen LogP contribution is 2.91. The van der Waals surface area contributed by atoms with Crippen LogP contribution in [0.4, 0.5) is 0 Å². The van der Waals surface area contributed by atoms with Gasteiger partial charge >= 0.3 is 0 Å². The van der Waals surface area contributed by atoms with Gasteiger partial charge in [-0.2, -0.15) is 0 Å². The van der Waals surface area contributed by atoms with Crippen molar-refractivity contribution in [3.8, 4) is 0 Å². The lowest BCUT2D eigenvalue weighted by molar-refractivity contribution is -0.124. The number of hydrogen-bond acceptors (Lipinski definition) is 1. The van der Waals surface area contributed by atoms with Crippen molar-refractivity contribution in [2.75, 3.05) is 0 Å². The molecule has 74 valence electrons. The zero-order chi connectivity index (χ0) is 9.77. The van der Waals surface area contributed by atoms with E-state index < -0.39 is 0 Å². The third-order valence-corrected chi connectivity index (χ3v) is 5.99. The van der Waals surface area contributed by atoms with Crippen molar-refractivity contribution in [3.63, 3.8) is 0 Å². The minimum Gasteiger partial charge on any atom is -0.299 e. The number of allylic oxidation sites excluding steroid dienone is 2. The smallest absolute Gasteiger partial charge is 0.140 e. The summed E-state index contributed by atoms with van der Waals surface area (Å²) in [6.45, 7) is 4.59. The van der Waals surface area contributed by atoms with Gasteiger partial charge < -0.3 is 0 Å². The topological polar surface area (TPSA) is 17.1 Å². The molecule has 0 aromatic rings. The molecular weight excluding hydrogens is 172 g/mol. The highest BCUT2D eigenvalue weighted by Gasteiger charge is 2.90. The van der Waals surface area contributed by atoms with E-state index in [0.29, 0.717) is 16.6 Å². The first-order valence-corrected chi connectivity index (χ1v) is 5.76. The second-order valence-electron chi connectivity index (χ2n) is 6.37.